The summed E-state index contributed by atoms with van der Waals surface area (Å²) in [6.45, 7) is 0. The van der Waals surface area contributed by atoms with Gasteiger partial charge in [0.2, 0.25) is 5.75 Å². The summed E-state index contributed by atoms with van der Waals surface area (Å²) in [7, 11) is 2.11. The first-order chi connectivity index (χ1) is 12.8. The molecule has 1 heterocycles. The third-order valence-electron chi connectivity index (χ3n) is 3.99. The fourth-order valence-corrected chi connectivity index (χ4v) is 4.70. The zero-order chi connectivity index (χ0) is 19.8. The van der Waals surface area contributed by atoms with Crippen LogP contribution in [0.2, 0.25) is 0 Å². The Morgan fingerprint density at radius 1 is 1.00 bits per heavy atom. The monoisotopic (exact) mass is 410 g/mol. The zero-order valence-electron chi connectivity index (χ0n) is 15.1. The first-order valence-electron chi connectivity index (χ1n) is 7.73. The molecule has 1 aromatic heterocycles. The second-order valence-corrected chi connectivity index (χ2v) is 8.25. The van der Waals surface area contributed by atoms with E-state index >= 15 is 0 Å². The molecule has 1 N–H and O–H groups in total. The molecule has 144 valence electrons. The summed E-state index contributed by atoms with van der Waals surface area (Å²) < 4.78 is 45.8. The molecule has 0 unspecified atom stereocenters. The normalized spacial score (nSPS) is 11.4. The number of aryl methyl sites for hydroxylation is 1. The number of anilines is 1. The topological polar surface area (TPSA) is 95.9 Å². The molecule has 2 aromatic carbocycles. The van der Waals surface area contributed by atoms with Crippen LogP contribution in [0.5, 0.6) is 17.2 Å². The van der Waals surface area contributed by atoms with Crippen molar-refractivity contribution in [3.63, 3.8) is 0 Å². The molecule has 3 aromatic rings. The van der Waals surface area contributed by atoms with Crippen LogP contribution in [0.1, 0.15) is 0 Å². The van der Waals surface area contributed by atoms with E-state index in [4.69, 9.17) is 14.2 Å². The number of thiazole rings is 1. The smallest absolute Gasteiger partial charge is 0.307 e. The van der Waals surface area contributed by atoms with Gasteiger partial charge in [0.1, 0.15) is 0 Å². The van der Waals surface area contributed by atoms with Crippen molar-refractivity contribution in [2.24, 2.45) is 7.05 Å². The van der Waals surface area contributed by atoms with Gasteiger partial charge in [0.25, 0.3) is 10.0 Å². The minimum atomic E-state index is -3.88. The van der Waals surface area contributed by atoms with Gasteiger partial charge < -0.3 is 18.8 Å². The Morgan fingerprint density at radius 3 is 2.19 bits per heavy atom. The van der Waals surface area contributed by atoms with Crippen molar-refractivity contribution >= 4 is 37.3 Å². The highest BCUT2D eigenvalue weighted by Gasteiger charge is 2.19. The Balaban J connectivity index is 2.03. The second-order valence-electron chi connectivity index (χ2n) is 5.58. The highest BCUT2D eigenvalue weighted by atomic mass is 32.2. The van der Waals surface area contributed by atoms with Crippen molar-refractivity contribution in [3.8, 4) is 17.2 Å². The summed E-state index contributed by atoms with van der Waals surface area (Å²) in [5.41, 5.74) is 0.933. The van der Waals surface area contributed by atoms with Crippen LogP contribution < -0.4 is 23.8 Å². The number of nitrogens with zero attached hydrogens (tertiary/aromatic N) is 1. The number of methoxy groups -OCH3 is 3. The molecule has 0 saturated carbocycles. The maximum Gasteiger partial charge on any atom is 0.307 e. The average molecular weight is 410 g/mol. The molecule has 0 amide bonds. The number of nitrogens with one attached hydrogen (secondary N) is 1. The molecule has 0 atom stereocenters. The number of aromatic nitrogens is 1. The molecule has 0 saturated heterocycles. The number of fused-ring (bicyclic) bond motifs is 1. The fourth-order valence-electron chi connectivity index (χ4n) is 2.64. The number of rotatable bonds is 6. The molecule has 0 aliphatic carbocycles. The van der Waals surface area contributed by atoms with Gasteiger partial charge in [-0.3, -0.25) is 9.52 Å². The number of ether oxygens (including phenoxy) is 3. The van der Waals surface area contributed by atoms with Crippen molar-refractivity contribution in [1.82, 2.24) is 4.57 Å². The molecule has 0 bridgehead atoms. The van der Waals surface area contributed by atoms with Crippen LogP contribution in [-0.2, 0) is 17.1 Å². The molecule has 27 heavy (non-hydrogen) atoms. The minimum Gasteiger partial charge on any atom is -0.493 e. The predicted octanol–water partition coefficient (Wildman–Crippen LogP) is 2.43. The van der Waals surface area contributed by atoms with Crippen LogP contribution in [0.15, 0.2) is 40.0 Å². The number of hydrogen-bond donors (Lipinski definition) is 1. The van der Waals surface area contributed by atoms with Crippen molar-refractivity contribution in [2.75, 3.05) is 26.1 Å². The lowest BCUT2D eigenvalue weighted by Crippen LogP contribution is -2.13. The quantitative estimate of drug-likeness (QED) is 0.671. The highest BCUT2D eigenvalue weighted by Crippen LogP contribution is 2.40. The van der Waals surface area contributed by atoms with Gasteiger partial charge in [-0.05, 0) is 18.2 Å². The summed E-state index contributed by atoms with van der Waals surface area (Å²) in [6, 6.07) is 7.53. The third kappa shape index (κ3) is 3.45. The Kier molecular flexibility index (Phi) is 5.03. The second kappa shape index (κ2) is 7.12. The van der Waals surface area contributed by atoms with Crippen LogP contribution in [0.3, 0.4) is 0 Å². The Hall–Kier alpha value is -2.72. The van der Waals surface area contributed by atoms with Crippen molar-refractivity contribution in [3.05, 3.63) is 40.0 Å². The molecule has 3 rings (SSSR count). The van der Waals surface area contributed by atoms with Crippen LogP contribution in [0.4, 0.5) is 5.69 Å². The van der Waals surface area contributed by atoms with Crippen LogP contribution in [0, 0.1) is 0 Å². The molecular formula is C17H18N2O6S2. The average Bonchev–Trinajstić information content (AvgIpc) is 2.94. The van der Waals surface area contributed by atoms with E-state index in [0.717, 1.165) is 11.3 Å². The van der Waals surface area contributed by atoms with E-state index in [1.54, 1.807) is 13.1 Å². The van der Waals surface area contributed by atoms with Gasteiger partial charge in [-0.2, -0.15) is 0 Å². The summed E-state index contributed by atoms with van der Waals surface area (Å²) in [4.78, 5) is 11.7. The van der Waals surface area contributed by atoms with Gasteiger partial charge in [-0.1, -0.05) is 11.3 Å². The molecule has 0 spiro atoms. The van der Waals surface area contributed by atoms with Gasteiger partial charge >= 0.3 is 4.87 Å². The van der Waals surface area contributed by atoms with Gasteiger partial charge in [0.15, 0.2) is 11.5 Å². The van der Waals surface area contributed by atoms with Gasteiger partial charge in [0, 0.05) is 19.2 Å². The Morgan fingerprint density at radius 2 is 1.63 bits per heavy atom. The molecule has 0 radical (unpaired) electrons. The summed E-state index contributed by atoms with van der Waals surface area (Å²) in [5, 5.41) is 0. The number of benzene rings is 2. The lowest BCUT2D eigenvalue weighted by Gasteiger charge is -2.15. The molecular weight excluding hydrogens is 392 g/mol. The van der Waals surface area contributed by atoms with Gasteiger partial charge in [-0.15, -0.1) is 0 Å². The lowest BCUT2D eigenvalue weighted by atomic mass is 10.2. The Labute approximate surface area is 160 Å². The molecule has 0 aliphatic heterocycles. The van der Waals surface area contributed by atoms with E-state index in [-0.39, 0.29) is 15.5 Å². The summed E-state index contributed by atoms with van der Waals surface area (Å²) >= 11 is 0.991. The van der Waals surface area contributed by atoms with Gasteiger partial charge in [-0.25, -0.2) is 8.42 Å². The van der Waals surface area contributed by atoms with Crippen molar-refractivity contribution < 1.29 is 22.6 Å². The van der Waals surface area contributed by atoms with Gasteiger partial charge in [0.05, 0.1) is 42.1 Å². The molecule has 0 fully saturated rings. The highest BCUT2D eigenvalue weighted by molar-refractivity contribution is 7.92. The van der Waals surface area contributed by atoms with E-state index in [1.165, 1.54) is 50.2 Å². The predicted molar refractivity (Wildman–Crippen MR) is 104 cm³/mol. The van der Waals surface area contributed by atoms with E-state index in [0.29, 0.717) is 27.5 Å². The maximum atomic E-state index is 12.8. The van der Waals surface area contributed by atoms with Crippen molar-refractivity contribution in [2.45, 2.75) is 4.90 Å². The molecule has 8 nitrogen and oxygen atoms in total. The fraction of sp³-hybridized carbons (Fsp3) is 0.235. The number of sulfonamides is 1. The lowest BCUT2D eigenvalue weighted by molar-refractivity contribution is 0.325. The standard InChI is InChI=1S/C17H18N2O6S2/c1-19-12-6-5-11(9-15(12)26-17(19)20)27(21,22)18-10-7-13(23-2)16(25-4)14(8-10)24-3/h5-9,18H,1-4H3. The maximum absolute atomic E-state index is 12.8. The minimum absolute atomic E-state index is 0.0469. The first kappa shape index (κ1) is 19.1. The van der Waals surface area contributed by atoms with Crippen molar-refractivity contribution in [1.29, 1.82) is 0 Å². The summed E-state index contributed by atoms with van der Waals surface area (Å²) in [5.74, 6) is 1.01. The van der Waals surface area contributed by atoms with Crippen LogP contribution in [0.25, 0.3) is 10.2 Å². The molecule has 10 heteroatoms. The van der Waals surface area contributed by atoms with E-state index in [1.807, 2.05) is 0 Å². The van der Waals surface area contributed by atoms with E-state index in [9.17, 15) is 13.2 Å². The first-order valence-corrected chi connectivity index (χ1v) is 10.0. The van der Waals surface area contributed by atoms with E-state index < -0.39 is 10.0 Å². The third-order valence-corrected chi connectivity index (χ3v) is 6.37. The largest absolute Gasteiger partial charge is 0.493 e. The summed E-state index contributed by atoms with van der Waals surface area (Å²) in [6.07, 6.45) is 0. The Bertz CT molecular complexity index is 1140. The molecule has 0 aliphatic rings. The van der Waals surface area contributed by atoms with Crippen LogP contribution >= 0.6 is 11.3 Å². The SMILES string of the molecule is COc1cc(NS(=O)(=O)c2ccc3c(c2)sc(=O)n3C)cc(OC)c1OC. The number of hydrogen-bond acceptors (Lipinski definition) is 7. The van der Waals surface area contributed by atoms with Crippen LogP contribution in [-0.4, -0.2) is 34.3 Å². The van der Waals surface area contributed by atoms with E-state index in [2.05, 4.69) is 4.72 Å². The zero-order valence-corrected chi connectivity index (χ0v) is 16.7.